The first kappa shape index (κ1) is 10.9. The second-order valence-electron chi connectivity index (χ2n) is 3.12. The van der Waals surface area contributed by atoms with E-state index < -0.39 is 6.16 Å². The first-order chi connectivity index (χ1) is 8.11. The normalized spacial score (nSPS) is 10.2. The molecule has 7 heteroatoms. The summed E-state index contributed by atoms with van der Waals surface area (Å²) in [6, 6.07) is 2.71. The summed E-state index contributed by atoms with van der Waals surface area (Å²) in [5.41, 5.74) is -0.0130. The van der Waals surface area contributed by atoms with E-state index in [1.54, 1.807) is 0 Å². The highest BCUT2D eigenvalue weighted by Crippen LogP contribution is 2.30. The van der Waals surface area contributed by atoms with Crippen LogP contribution in [0.3, 0.4) is 0 Å². The van der Waals surface area contributed by atoms with Crippen molar-refractivity contribution in [1.82, 2.24) is 9.97 Å². The van der Waals surface area contributed by atoms with E-state index in [1.165, 1.54) is 25.6 Å². The molecule has 0 bridgehead atoms. The maximum Gasteiger partial charge on any atom is 0.511 e. The van der Waals surface area contributed by atoms with Crippen LogP contribution in [0, 0.1) is 0 Å². The highest BCUT2D eigenvalue weighted by atomic mass is 16.7. The second-order valence-corrected chi connectivity index (χ2v) is 3.12. The minimum atomic E-state index is -1.47. The van der Waals surface area contributed by atoms with Gasteiger partial charge in [0.05, 0.1) is 24.3 Å². The van der Waals surface area contributed by atoms with Crippen LogP contribution in [-0.2, 0) is 0 Å². The van der Waals surface area contributed by atoms with Gasteiger partial charge >= 0.3 is 6.16 Å². The van der Waals surface area contributed by atoms with Crippen LogP contribution < -0.4 is 15.0 Å². The average Bonchev–Trinajstić information content (AvgIpc) is 2.28. The number of methoxy groups -OCH3 is 1. The number of nitrogens with one attached hydrogen (secondary N) is 1. The minimum Gasteiger partial charge on any atom is -0.493 e. The molecule has 0 atom stereocenters. The van der Waals surface area contributed by atoms with Crippen molar-refractivity contribution in [3.05, 3.63) is 28.8 Å². The van der Waals surface area contributed by atoms with Gasteiger partial charge in [0.1, 0.15) is 0 Å². The van der Waals surface area contributed by atoms with Crippen molar-refractivity contribution in [2.75, 3.05) is 7.11 Å². The fraction of sp³-hybridized carbons (Fsp3) is 0.100. The number of hydrogen-bond donors (Lipinski definition) is 2. The fourth-order valence-corrected chi connectivity index (χ4v) is 1.41. The number of carboxylic acid groups (broad SMARTS) is 1. The Hall–Kier alpha value is -2.57. The van der Waals surface area contributed by atoms with E-state index >= 15 is 0 Å². The number of nitrogens with zero attached hydrogens (tertiary/aromatic N) is 1. The number of benzene rings is 1. The highest BCUT2D eigenvalue weighted by Gasteiger charge is 2.12. The van der Waals surface area contributed by atoms with E-state index in [0.717, 1.165) is 0 Å². The lowest BCUT2D eigenvalue weighted by atomic mass is 10.2. The van der Waals surface area contributed by atoms with Crippen molar-refractivity contribution in [3.63, 3.8) is 0 Å². The zero-order valence-corrected chi connectivity index (χ0v) is 8.76. The maximum atomic E-state index is 11.5. The van der Waals surface area contributed by atoms with E-state index in [4.69, 9.17) is 9.84 Å². The van der Waals surface area contributed by atoms with Gasteiger partial charge in [0.15, 0.2) is 11.5 Å². The van der Waals surface area contributed by atoms with Gasteiger partial charge in [-0.25, -0.2) is 9.78 Å². The summed E-state index contributed by atoms with van der Waals surface area (Å²) >= 11 is 0. The summed E-state index contributed by atoms with van der Waals surface area (Å²) < 4.78 is 9.46. The third-order valence-electron chi connectivity index (χ3n) is 2.12. The highest BCUT2D eigenvalue weighted by molar-refractivity contribution is 5.82. The van der Waals surface area contributed by atoms with E-state index in [1.807, 2.05) is 0 Å². The number of aromatic amines is 1. The lowest BCUT2D eigenvalue weighted by Gasteiger charge is -2.07. The molecule has 0 unspecified atom stereocenters. The molecule has 0 saturated carbocycles. The Labute approximate surface area is 94.6 Å². The second kappa shape index (κ2) is 4.12. The number of aromatic nitrogens is 2. The molecule has 1 aromatic heterocycles. The third kappa shape index (κ3) is 2.03. The van der Waals surface area contributed by atoms with Gasteiger partial charge in [-0.05, 0) is 6.07 Å². The van der Waals surface area contributed by atoms with Crippen molar-refractivity contribution < 1.29 is 19.4 Å². The van der Waals surface area contributed by atoms with Crippen LogP contribution in [0.2, 0.25) is 0 Å². The van der Waals surface area contributed by atoms with E-state index in [-0.39, 0.29) is 17.1 Å². The molecular weight excluding hydrogens is 228 g/mol. The number of carbonyl (C=O) groups is 1. The average molecular weight is 236 g/mol. The molecule has 0 radical (unpaired) electrons. The SMILES string of the molecule is COc1cc2c(=O)[nH]cnc2cc1OC(=O)O. The summed E-state index contributed by atoms with van der Waals surface area (Å²) in [6.45, 7) is 0. The zero-order valence-electron chi connectivity index (χ0n) is 8.76. The van der Waals surface area contributed by atoms with Crippen LogP contribution in [0.25, 0.3) is 10.9 Å². The molecule has 0 amide bonds. The van der Waals surface area contributed by atoms with Gasteiger partial charge in [0.25, 0.3) is 5.56 Å². The molecule has 0 aliphatic carbocycles. The fourth-order valence-electron chi connectivity index (χ4n) is 1.41. The van der Waals surface area contributed by atoms with Crippen LogP contribution in [0.15, 0.2) is 23.3 Å². The minimum absolute atomic E-state index is 0.00870. The zero-order chi connectivity index (χ0) is 12.4. The van der Waals surface area contributed by atoms with Gasteiger partial charge in [-0.2, -0.15) is 0 Å². The van der Waals surface area contributed by atoms with Crippen molar-refractivity contribution in [2.24, 2.45) is 0 Å². The van der Waals surface area contributed by atoms with Crippen LogP contribution in [0.5, 0.6) is 11.5 Å². The molecule has 7 nitrogen and oxygen atoms in total. The number of hydrogen-bond acceptors (Lipinski definition) is 5. The Kier molecular flexibility index (Phi) is 2.65. The van der Waals surface area contributed by atoms with Gasteiger partial charge < -0.3 is 19.6 Å². The van der Waals surface area contributed by atoms with Crippen LogP contribution in [0.4, 0.5) is 4.79 Å². The van der Waals surface area contributed by atoms with Gasteiger partial charge in [-0.1, -0.05) is 0 Å². The van der Waals surface area contributed by atoms with E-state index in [0.29, 0.717) is 10.9 Å². The van der Waals surface area contributed by atoms with Crippen LogP contribution in [0.1, 0.15) is 0 Å². The van der Waals surface area contributed by atoms with E-state index in [9.17, 15) is 9.59 Å². The Morgan fingerprint density at radius 3 is 2.82 bits per heavy atom. The monoisotopic (exact) mass is 236 g/mol. The third-order valence-corrected chi connectivity index (χ3v) is 2.12. The standard InChI is InChI=1S/C10H8N2O5/c1-16-7-2-5-6(11-4-12-9(5)13)3-8(7)17-10(14)15/h2-4H,1H3,(H,14,15)(H,11,12,13). The molecule has 1 aromatic carbocycles. The first-order valence-corrected chi connectivity index (χ1v) is 4.58. The first-order valence-electron chi connectivity index (χ1n) is 4.58. The molecule has 17 heavy (non-hydrogen) atoms. The lowest BCUT2D eigenvalue weighted by molar-refractivity contribution is 0.143. The van der Waals surface area contributed by atoms with Gasteiger partial charge in [-0.15, -0.1) is 0 Å². The Morgan fingerprint density at radius 2 is 2.18 bits per heavy atom. The number of ether oxygens (including phenoxy) is 2. The topological polar surface area (TPSA) is 102 Å². The predicted molar refractivity (Wildman–Crippen MR) is 57.6 cm³/mol. The van der Waals surface area contributed by atoms with Crippen molar-refractivity contribution in [3.8, 4) is 11.5 Å². The van der Waals surface area contributed by atoms with Crippen molar-refractivity contribution >= 4 is 17.1 Å². The predicted octanol–water partition coefficient (Wildman–Crippen LogP) is 0.988. The molecule has 2 N–H and O–H groups in total. The largest absolute Gasteiger partial charge is 0.511 e. The molecule has 0 aliphatic heterocycles. The van der Waals surface area contributed by atoms with Gasteiger partial charge in [-0.3, -0.25) is 4.79 Å². The smallest absolute Gasteiger partial charge is 0.493 e. The maximum absolute atomic E-state index is 11.5. The molecule has 0 saturated heterocycles. The Bertz CT molecular complexity index is 634. The summed E-state index contributed by atoms with van der Waals surface area (Å²) in [7, 11) is 1.35. The van der Waals surface area contributed by atoms with Crippen molar-refractivity contribution in [2.45, 2.75) is 0 Å². The van der Waals surface area contributed by atoms with Crippen LogP contribution in [-0.4, -0.2) is 28.3 Å². The molecule has 1 heterocycles. The molecule has 0 aliphatic rings. The molecule has 0 spiro atoms. The van der Waals surface area contributed by atoms with E-state index in [2.05, 4.69) is 14.7 Å². The number of H-pyrrole nitrogens is 1. The molecule has 2 rings (SSSR count). The summed E-state index contributed by atoms with van der Waals surface area (Å²) in [5.74, 6) is 0.143. The van der Waals surface area contributed by atoms with Crippen molar-refractivity contribution in [1.29, 1.82) is 0 Å². The Balaban J connectivity index is 2.69. The summed E-state index contributed by atoms with van der Waals surface area (Å²) in [4.78, 5) is 28.3. The summed E-state index contributed by atoms with van der Waals surface area (Å²) in [5, 5.41) is 8.84. The van der Waals surface area contributed by atoms with Gasteiger partial charge in [0, 0.05) is 6.07 Å². The summed E-state index contributed by atoms with van der Waals surface area (Å²) in [6.07, 6.45) is -0.241. The molecule has 2 aromatic rings. The van der Waals surface area contributed by atoms with Crippen LogP contribution >= 0.6 is 0 Å². The molecule has 88 valence electrons. The quantitative estimate of drug-likeness (QED) is 0.595. The number of fused-ring (bicyclic) bond motifs is 1. The molecular formula is C10H8N2O5. The Morgan fingerprint density at radius 1 is 1.41 bits per heavy atom. The molecule has 0 fully saturated rings. The van der Waals surface area contributed by atoms with Gasteiger partial charge in [0.2, 0.25) is 0 Å². The number of rotatable bonds is 2. The lowest BCUT2D eigenvalue weighted by Crippen LogP contribution is -2.08.